The SMILES string of the molecule is CC(C)C(O)COCC1CCOC1. The van der Waals surface area contributed by atoms with Crippen molar-refractivity contribution in [3.8, 4) is 0 Å². The van der Waals surface area contributed by atoms with Crippen molar-refractivity contribution in [2.24, 2.45) is 11.8 Å². The average molecular weight is 188 g/mol. The lowest BCUT2D eigenvalue weighted by Crippen LogP contribution is -2.23. The molecular weight excluding hydrogens is 168 g/mol. The van der Waals surface area contributed by atoms with E-state index in [2.05, 4.69) is 0 Å². The first kappa shape index (κ1) is 11.0. The van der Waals surface area contributed by atoms with Gasteiger partial charge in [-0.05, 0) is 12.3 Å². The number of aliphatic hydroxyl groups excluding tert-OH is 1. The van der Waals surface area contributed by atoms with Crippen LogP contribution in [0.2, 0.25) is 0 Å². The molecule has 78 valence electrons. The molecule has 0 aromatic heterocycles. The zero-order chi connectivity index (χ0) is 9.68. The Balaban J connectivity index is 1.99. The van der Waals surface area contributed by atoms with Crippen LogP contribution in [0.1, 0.15) is 20.3 Å². The second kappa shape index (κ2) is 5.58. The molecule has 1 aliphatic rings. The van der Waals surface area contributed by atoms with Crippen molar-refractivity contribution in [3.63, 3.8) is 0 Å². The average Bonchev–Trinajstić information content (AvgIpc) is 2.56. The van der Waals surface area contributed by atoms with Crippen molar-refractivity contribution in [2.75, 3.05) is 26.4 Å². The summed E-state index contributed by atoms with van der Waals surface area (Å²) in [4.78, 5) is 0. The van der Waals surface area contributed by atoms with Gasteiger partial charge in [0.1, 0.15) is 0 Å². The van der Waals surface area contributed by atoms with Crippen LogP contribution in [0.25, 0.3) is 0 Å². The van der Waals surface area contributed by atoms with Crippen molar-refractivity contribution in [2.45, 2.75) is 26.4 Å². The molecule has 13 heavy (non-hydrogen) atoms. The summed E-state index contributed by atoms with van der Waals surface area (Å²) >= 11 is 0. The Morgan fingerprint density at radius 2 is 2.31 bits per heavy atom. The Bertz CT molecular complexity index is 128. The standard InChI is InChI=1S/C10H20O3/c1-8(2)10(11)7-13-6-9-3-4-12-5-9/h8-11H,3-7H2,1-2H3. The highest BCUT2D eigenvalue weighted by Gasteiger charge is 2.16. The first-order chi connectivity index (χ1) is 6.20. The minimum atomic E-state index is -0.331. The second-order valence-electron chi connectivity index (χ2n) is 4.08. The van der Waals surface area contributed by atoms with E-state index < -0.39 is 0 Å². The van der Waals surface area contributed by atoms with E-state index in [-0.39, 0.29) is 12.0 Å². The maximum absolute atomic E-state index is 9.44. The molecule has 0 amide bonds. The van der Waals surface area contributed by atoms with E-state index in [1.54, 1.807) is 0 Å². The Morgan fingerprint density at radius 1 is 1.54 bits per heavy atom. The molecular formula is C10H20O3. The van der Waals surface area contributed by atoms with Crippen molar-refractivity contribution in [1.29, 1.82) is 0 Å². The lowest BCUT2D eigenvalue weighted by Gasteiger charge is -2.15. The molecule has 0 aromatic carbocycles. The summed E-state index contributed by atoms with van der Waals surface area (Å²) in [6.07, 6.45) is 0.764. The van der Waals surface area contributed by atoms with Gasteiger partial charge >= 0.3 is 0 Å². The van der Waals surface area contributed by atoms with Crippen LogP contribution in [0.15, 0.2) is 0 Å². The van der Waals surface area contributed by atoms with E-state index in [9.17, 15) is 5.11 Å². The number of hydrogen-bond acceptors (Lipinski definition) is 3. The Hall–Kier alpha value is -0.120. The fraction of sp³-hybridized carbons (Fsp3) is 1.00. The molecule has 1 saturated heterocycles. The quantitative estimate of drug-likeness (QED) is 0.701. The molecule has 1 N–H and O–H groups in total. The number of aliphatic hydroxyl groups is 1. The molecule has 3 nitrogen and oxygen atoms in total. The van der Waals surface area contributed by atoms with E-state index in [1.807, 2.05) is 13.8 Å². The molecule has 2 unspecified atom stereocenters. The maximum Gasteiger partial charge on any atom is 0.0796 e. The van der Waals surface area contributed by atoms with Crippen molar-refractivity contribution in [3.05, 3.63) is 0 Å². The fourth-order valence-corrected chi connectivity index (χ4v) is 1.26. The van der Waals surface area contributed by atoms with Gasteiger partial charge in [-0.3, -0.25) is 0 Å². The highest BCUT2D eigenvalue weighted by atomic mass is 16.5. The lowest BCUT2D eigenvalue weighted by molar-refractivity contribution is -0.000367. The molecule has 0 aromatic rings. The highest BCUT2D eigenvalue weighted by Crippen LogP contribution is 2.12. The van der Waals surface area contributed by atoms with Crippen LogP contribution in [0, 0.1) is 11.8 Å². The molecule has 0 spiro atoms. The first-order valence-electron chi connectivity index (χ1n) is 5.03. The van der Waals surface area contributed by atoms with Gasteiger partial charge < -0.3 is 14.6 Å². The highest BCUT2D eigenvalue weighted by molar-refractivity contribution is 4.64. The van der Waals surface area contributed by atoms with Crippen LogP contribution in [0.4, 0.5) is 0 Å². The third kappa shape index (κ3) is 4.07. The third-order valence-electron chi connectivity index (χ3n) is 2.44. The normalized spacial score (nSPS) is 25.4. The topological polar surface area (TPSA) is 38.7 Å². The molecule has 1 rings (SSSR count). The smallest absolute Gasteiger partial charge is 0.0796 e. The van der Waals surface area contributed by atoms with Crippen LogP contribution in [0.5, 0.6) is 0 Å². The summed E-state index contributed by atoms with van der Waals surface area (Å²) in [6, 6.07) is 0. The molecule has 0 bridgehead atoms. The van der Waals surface area contributed by atoms with Gasteiger partial charge in [-0.25, -0.2) is 0 Å². The molecule has 0 radical (unpaired) electrons. The van der Waals surface area contributed by atoms with Gasteiger partial charge in [0.25, 0.3) is 0 Å². The van der Waals surface area contributed by atoms with Crippen LogP contribution >= 0.6 is 0 Å². The summed E-state index contributed by atoms with van der Waals surface area (Å²) in [6.45, 7) is 6.84. The summed E-state index contributed by atoms with van der Waals surface area (Å²) in [5, 5.41) is 9.44. The third-order valence-corrected chi connectivity index (χ3v) is 2.44. The van der Waals surface area contributed by atoms with Gasteiger partial charge in [0, 0.05) is 12.5 Å². The molecule has 1 fully saturated rings. The van der Waals surface area contributed by atoms with Crippen LogP contribution in [0.3, 0.4) is 0 Å². The minimum Gasteiger partial charge on any atom is -0.390 e. The van der Waals surface area contributed by atoms with E-state index in [0.29, 0.717) is 12.5 Å². The predicted molar refractivity (Wildman–Crippen MR) is 50.6 cm³/mol. The Kier molecular flexibility index (Phi) is 4.70. The van der Waals surface area contributed by atoms with E-state index >= 15 is 0 Å². The monoisotopic (exact) mass is 188 g/mol. The van der Waals surface area contributed by atoms with Gasteiger partial charge in [-0.15, -0.1) is 0 Å². The predicted octanol–water partition coefficient (Wildman–Crippen LogP) is 1.06. The molecule has 0 aliphatic carbocycles. The molecule has 1 heterocycles. The zero-order valence-electron chi connectivity index (χ0n) is 8.53. The zero-order valence-corrected chi connectivity index (χ0v) is 8.53. The minimum absolute atomic E-state index is 0.278. The Morgan fingerprint density at radius 3 is 2.85 bits per heavy atom. The molecule has 0 saturated carbocycles. The number of hydrogen-bond donors (Lipinski definition) is 1. The molecule has 2 atom stereocenters. The van der Waals surface area contributed by atoms with E-state index in [0.717, 1.165) is 26.2 Å². The summed E-state index contributed by atoms with van der Waals surface area (Å²) in [5.74, 6) is 0.819. The maximum atomic E-state index is 9.44. The fourth-order valence-electron chi connectivity index (χ4n) is 1.26. The van der Waals surface area contributed by atoms with E-state index in [4.69, 9.17) is 9.47 Å². The summed E-state index contributed by atoms with van der Waals surface area (Å²) < 4.78 is 10.6. The number of rotatable bonds is 5. The van der Waals surface area contributed by atoms with Crippen LogP contribution in [-0.4, -0.2) is 37.6 Å². The van der Waals surface area contributed by atoms with Crippen molar-refractivity contribution in [1.82, 2.24) is 0 Å². The van der Waals surface area contributed by atoms with Gasteiger partial charge in [-0.1, -0.05) is 13.8 Å². The largest absolute Gasteiger partial charge is 0.390 e. The molecule has 1 aliphatic heterocycles. The second-order valence-corrected chi connectivity index (χ2v) is 4.08. The lowest BCUT2D eigenvalue weighted by atomic mass is 10.1. The van der Waals surface area contributed by atoms with Crippen molar-refractivity contribution < 1.29 is 14.6 Å². The van der Waals surface area contributed by atoms with E-state index in [1.165, 1.54) is 0 Å². The van der Waals surface area contributed by atoms with Crippen LogP contribution in [-0.2, 0) is 9.47 Å². The van der Waals surface area contributed by atoms with Gasteiger partial charge in [-0.2, -0.15) is 0 Å². The van der Waals surface area contributed by atoms with Crippen molar-refractivity contribution >= 4 is 0 Å². The Labute approximate surface area is 80.0 Å². The number of ether oxygens (including phenoxy) is 2. The summed E-state index contributed by atoms with van der Waals surface area (Å²) in [5.41, 5.74) is 0. The summed E-state index contributed by atoms with van der Waals surface area (Å²) in [7, 11) is 0. The van der Waals surface area contributed by atoms with Gasteiger partial charge in [0.05, 0.1) is 25.9 Å². The molecule has 3 heteroatoms. The van der Waals surface area contributed by atoms with Gasteiger partial charge in [0.15, 0.2) is 0 Å². The van der Waals surface area contributed by atoms with Gasteiger partial charge in [0.2, 0.25) is 0 Å². The van der Waals surface area contributed by atoms with Crippen LogP contribution < -0.4 is 0 Å². The first-order valence-corrected chi connectivity index (χ1v) is 5.03.